The number of hydrogen-bond donors (Lipinski definition) is 1. The Morgan fingerprint density at radius 2 is 1.61 bits per heavy atom. The van der Waals surface area contributed by atoms with Crippen molar-refractivity contribution in [2.24, 2.45) is 0 Å². The van der Waals surface area contributed by atoms with Crippen LogP contribution in [0.25, 0.3) is 0 Å². The van der Waals surface area contributed by atoms with E-state index in [9.17, 15) is 24.6 Å². The molecule has 7 heteroatoms. The first-order chi connectivity index (χ1) is 8.38. The second-order valence-corrected chi connectivity index (χ2v) is 3.28. The number of aromatic carboxylic acids is 2. The summed E-state index contributed by atoms with van der Waals surface area (Å²) in [7, 11) is 0. The molecule has 0 fully saturated rings. The van der Waals surface area contributed by atoms with E-state index in [-0.39, 0.29) is 17.9 Å². The van der Waals surface area contributed by atoms with Gasteiger partial charge in [0.05, 0.1) is 24.1 Å². The molecule has 0 spiro atoms. The molecule has 96 valence electrons. The number of esters is 1. The van der Waals surface area contributed by atoms with Gasteiger partial charge < -0.3 is 30.3 Å². The number of carboxylic acids is 2. The van der Waals surface area contributed by atoms with Crippen LogP contribution in [-0.2, 0) is 4.74 Å². The van der Waals surface area contributed by atoms with Crippen LogP contribution in [0.15, 0.2) is 12.1 Å². The standard InChI is InChI=1S/C11H11NO6/c1-2-18-11(17)7-3-5(9(13)14)6(10(15)16)4-8(7)12/h3-4H,2,12H2,1H3,(H,13,14)(H,15,16)/p-2. The highest BCUT2D eigenvalue weighted by Crippen LogP contribution is 2.19. The molecule has 1 aromatic rings. The number of carboxylic acid groups (broad SMARTS) is 2. The van der Waals surface area contributed by atoms with Crippen molar-refractivity contribution in [3.05, 3.63) is 28.8 Å². The second kappa shape index (κ2) is 5.17. The molecule has 0 heterocycles. The van der Waals surface area contributed by atoms with E-state index in [0.717, 1.165) is 12.1 Å². The van der Waals surface area contributed by atoms with Crippen LogP contribution in [0.5, 0.6) is 0 Å². The molecular weight excluding hydrogens is 242 g/mol. The van der Waals surface area contributed by atoms with Gasteiger partial charge in [-0.2, -0.15) is 0 Å². The SMILES string of the molecule is CCOC(=O)c1cc(C(=O)[O-])c(C(=O)[O-])cc1N. The van der Waals surface area contributed by atoms with Crippen LogP contribution in [0.1, 0.15) is 38.0 Å². The Morgan fingerprint density at radius 1 is 1.11 bits per heavy atom. The number of nitrogen functional groups attached to an aromatic ring is 1. The maximum Gasteiger partial charge on any atom is 0.340 e. The van der Waals surface area contributed by atoms with Gasteiger partial charge in [-0.05, 0) is 19.1 Å². The molecule has 0 aliphatic carbocycles. The summed E-state index contributed by atoms with van der Waals surface area (Å²) in [5.41, 5.74) is 3.67. The number of rotatable bonds is 4. The molecule has 2 N–H and O–H groups in total. The molecule has 0 radical (unpaired) electrons. The Hall–Kier alpha value is -2.57. The Bertz CT molecular complexity index is 523. The highest BCUT2D eigenvalue weighted by Gasteiger charge is 2.16. The van der Waals surface area contributed by atoms with Crippen LogP contribution in [0.2, 0.25) is 0 Å². The number of carbonyl (C=O) groups excluding carboxylic acids is 3. The number of ether oxygens (including phenoxy) is 1. The van der Waals surface area contributed by atoms with E-state index in [1.54, 1.807) is 6.92 Å². The molecule has 0 unspecified atom stereocenters. The Morgan fingerprint density at radius 3 is 2.06 bits per heavy atom. The quantitative estimate of drug-likeness (QED) is 0.491. The first-order valence-electron chi connectivity index (χ1n) is 4.91. The minimum Gasteiger partial charge on any atom is -0.545 e. The monoisotopic (exact) mass is 251 g/mol. The number of benzene rings is 1. The molecule has 0 saturated heterocycles. The predicted octanol–water partition coefficient (Wildman–Crippen LogP) is -1.83. The Balaban J connectivity index is 3.41. The van der Waals surface area contributed by atoms with Gasteiger partial charge in [-0.15, -0.1) is 0 Å². The summed E-state index contributed by atoms with van der Waals surface area (Å²) in [5, 5.41) is 21.5. The van der Waals surface area contributed by atoms with Crippen LogP contribution in [0.3, 0.4) is 0 Å². The van der Waals surface area contributed by atoms with Crippen molar-refractivity contribution in [2.45, 2.75) is 6.92 Å². The van der Waals surface area contributed by atoms with E-state index in [1.807, 2.05) is 0 Å². The molecular formula is C11H9NO6-2. The lowest BCUT2D eigenvalue weighted by Gasteiger charge is -2.14. The van der Waals surface area contributed by atoms with Gasteiger partial charge in [0, 0.05) is 16.8 Å². The van der Waals surface area contributed by atoms with Gasteiger partial charge in [-0.25, -0.2) is 4.79 Å². The zero-order valence-electron chi connectivity index (χ0n) is 9.39. The fourth-order valence-corrected chi connectivity index (χ4v) is 1.34. The largest absolute Gasteiger partial charge is 0.545 e. The fraction of sp³-hybridized carbons (Fsp3) is 0.182. The molecule has 18 heavy (non-hydrogen) atoms. The van der Waals surface area contributed by atoms with E-state index in [0.29, 0.717) is 0 Å². The summed E-state index contributed by atoms with van der Waals surface area (Å²) < 4.78 is 4.65. The van der Waals surface area contributed by atoms with Crippen molar-refractivity contribution < 1.29 is 29.3 Å². The summed E-state index contributed by atoms with van der Waals surface area (Å²) >= 11 is 0. The van der Waals surface area contributed by atoms with Gasteiger partial charge >= 0.3 is 5.97 Å². The van der Waals surface area contributed by atoms with Crippen LogP contribution in [0.4, 0.5) is 5.69 Å². The third-order valence-corrected chi connectivity index (χ3v) is 2.12. The van der Waals surface area contributed by atoms with Crippen LogP contribution >= 0.6 is 0 Å². The summed E-state index contributed by atoms with van der Waals surface area (Å²) in [6.07, 6.45) is 0. The lowest BCUT2D eigenvalue weighted by Crippen LogP contribution is -2.30. The summed E-state index contributed by atoms with van der Waals surface area (Å²) in [6.45, 7) is 1.63. The maximum atomic E-state index is 11.4. The van der Waals surface area contributed by atoms with Gasteiger partial charge in [-0.3, -0.25) is 0 Å². The van der Waals surface area contributed by atoms with Crippen molar-refractivity contribution in [2.75, 3.05) is 12.3 Å². The van der Waals surface area contributed by atoms with E-state index in [2.05, 4.69) is 4.74 Å². The van der Waals surface area contributed by atoms with Crippen LogP contribution in [-0.4, -0.2) is 24.5 Å². The maximum absolute atomic E-state index is 11.4. The average Bonchev–Trinajstić information content (AvgIpc) is 2.28. The highest BCUT2D eigenvalue weighted by atomic mass is 16.5. The molecule has 0 atom stereocenters. The normalized spacial score (nSPS) is 9.83. The minimum atomic E-state index is -1.75. The Labute approximate surface area is 102 Å². The van der Waals surface area contributed by atoms with Crippen molar-refractivity contribution in [3.63, 3.8) is 0 Å². The third-order valence-electron chi connectivity index (χ3n) is 2.12. The predicted molar refractivity (Wildman–Crippen MR) is 55.5 cm³/mol. The molecule has 7 nitrogen and oxygen atoms in total. The van der Waals surface area contributed by atoms with Crippen LogP contribution in [0, 0.1) is 0 Å². The fourth-order valence-electron chi connectivity index (χ4n) is 1.34. The molecule has 0 aliphatic heterocycles. The first-order valence-corrected chi connectivity index (χ1v) is 4.91. The third kappa shape index (κ3) is 2.57. The van der Waals surface area contributed by atoms with Crippen molar-refractivity contribution >= 4 is 23.6 Å². The van der Waals surface area contributed by atoms with Crippen molar-refractivity contribution in [1.82, 2.24) is 0 Å². The topological polar surface area (TPSA) is 133 Å². The molecule has 0 saturated carbocycles. The van der Waals surface area contributed by atoms with Crippen LogP contribution < -0.4 is 15.9 Å². The molecule has 0 aliphatic rings. The van der Waals surface area contributed by atoms with Crippen molar-refractivity contribution in [1.29, 1.82) is 0 Å². The minimum absolute atomic E-state index is 0.0706. The molecule has 0 bridgehead atoms. The van der Waals surface area contributed by atoms with Gasteiger partial charge in [0.25, 0.3) is 0 Å². The lowest BCUT2D eigenvalue weighted by atomic mass is 10.0. The van der Waals surface area contributed by atoms with E-state index in [4.69, 9.17) is 5.73 Å². The van der Waals surface area contributed by atoms with Crippen molar-refractivity contribution in [3.8, 4) is 0 Å². The van der Waals surface area contributed by atoms with E-state index < -0.39 is 29.0 Å². The lowest BCUT2D eigenvalue weighted by molar-refractivity contribution is -0.259. The summed E-state index contributed by atoms with van der Waals surface area (Å²) in [4.78, 5) is 32.9. The van der Waals surface area contributed by atoms with Gasteiger partial charge in [0.2, 0.25) is 0 Å². The zero-order valence-corrected chi connectivity index (χ0v) is 9.39. The van der Waals surface area contributed by atoms with Gasteiger partial charge in [0.1, 0.15) is 0 Å². The number of hydrogen-bond acceptors (Lipinski definition) is 7. The Kier molecular flexibility index (Phi) is 3.88. The number of nitrogens with two attached hydrogens (primary N) is 1. The zero-order chi connectivity index (χ0) is 13.9. The average molecular weight is 251 g/mol. The van der Waals surface area contributed by atoms with Gasteiger partial charge in [-0.1, -0.05) is 0 Å². The summed E-state index contributed by atoms with van der Waals surface area (Å²) in [5.74, 6) is -4.32. The molecule has 1 aromatic carbocycles. The molecule has 0 aromatic heterocycles. The smallest absolute Gasteiger partial charge is 0.340 e. The highest BCUT2D eigenvalue weighted by molar-refractivity contribution is 6.05. The second-order valence-electron chi connectivity index (χ2n) is 3.28. The summed E-state index contributed by atoms with van der Waals surface area (Å²) in [6, 6.07) is 1.63. The number of carbonyl (C=O) groups is 3. The van der Waals surface area contributed by atoms with Gasteiger partial charge in [0.15, 0.2) is 0 Å². The molecule has 1 rings (SSSR count). The van der Waals surface area contributed by atoms with E-state index >= 15 is 0 Å². The van der Waals surface area contributed by atoms with E-state index in [1.165, 1.54) is 0 Å². The first kappa shape index (κ1) is 13.5. The number of anilines is 1. The molecule has 0 amide bonds.